The third kappa shape index (κ3) is 5.23. The first-order chi connectivity index (χ1) is 11.6. The van der Waals surface area contributed by atoms with Crippen molar-refractivity contribution in [2.45, 2.75) is 39.5 Å². The van der Waals surface area contributed by atoms with E-state index in [1.54, 1.807) is 4.68 Å². The Labute approximate surface area is 149 Å². The highest BCUT2D eigenvalue weighted by Crippen LogP contribution is 2.18. The van der Waals surface area contributed by atoms with E-state index < -0.39 is 0 Å². The van der Waals surface area contributed by atoms with E-state index in [0.717, 1.165) is 24.2 Å². The van der Waals surface area contributed by atoms with Crippen LogP contribution in [0.5, 0.6) is 0 Å². The summed E-state index contributed by atoms with van der Waals surface area (Å²) in [6, 6.07) is 9.94. The molecule has 1 aromatic heterocycles. The maximum atomic E-state index is 5.98. The quantitative estimate of drug-likeness (QED) is 0.636. The summed E-state index contributed by atoms with van der Waals surface area (Å²) in [5, 5.41) is 3.85. The van der Waals surface area contributed by atoms with Crippen LogP contribution in [0.2, 0.25) is 0 Å². The van der Waals surface area contributed by atoms with E-state index in [4.69, 9.17) is 18.0 Å². The fourth-order valence-corrected chi connectivity index (χ4v) is 2.74. The van der Waals surface area contributed by atoms with E-state index in [2.05, 4.69) is 29.6 Å². The first-order valence-corrected chi connectivity index (χ1v) is 9.00. The maximum absolute atomic E-state index is 5.98. The minimum atomic E-state index is 0.385. The van der Waals surface area contributed by atoms with Crippen LogP contribution in [0, 0.1) is 5.92 Å². The standard InChI is InChI=1S/C18H27N5S/c1-3-5-9-14(4-2)12-20-18(24)22-23-13-16(21-17(23)19)15-10-7-6-8-11-15/h6-8,10-11,13-14H,3-5,9,12H2,1-2H3,(H2,19,21)(H2,20,22,24)/t14-/m1/s1. The number of nitrogens with zero attached hydrogens (tertiary/aromatic N) is 2. The Morgan fingerprint density at radius 2 is 2.04 bits per heavy atom. The molecule has 2 rings (SSSR count). The van der Waals surface area contributed by atoms with E-state index in [-0.39, 0.29) is 0 Å². The van der Waals surface area contributed by atoms with Crippen molar-refractivity contribution in [3.8, 4) is 11.3 Å². The largest absolute Gasteiger partial charge is 0.368 e. The third-order valence-corrected chi connectivity index (χ3v) is 4.35. The molecule has 0 saturated heterocycles. The van der Waals surface area contributed by atoms with Gasteiger partial charge in [0.1, 0.15) is 0 Å². The highest BCUT2D eigenvalue weighted by Gasteiger charge is 2.09. The van der Waals surface area contributed by atoms with Crippen LogP contribution in [0.15, 0.2) is 36.5 Å². The number of hydrogen-bond acceptors (Lipinski definition) is 3. The van der Waals surface area contributed by atoms with E-state index in [1.807, 2.05) is 36.5 Å². The molecule has 0 aliphatic carbocycles. The zero-order valence-corrected chi connectivity index (χ0v) is 15.3. The summed E-state index contributed by atoms with van der Waals surface area (Å²) in [6.45, 7) is 5.32. The molecule has 1 atom stereocenters. The molecule has 0 fully saturated rings. The summed E-state index contributed by atoms with van der Waals surface area (Å²) in [6.07, 6.45) is 6.73. The van der Waals surface area contributed by atoms with Crippen molar-refractivity contribution in [3.63, 3.8) is 0 Å². The first kappa shape index (κ1) is 18.3. The molecule has 0 aliphatic rings. The minimum absolute atomic E-state index is 0.385. The van der Waals surface area contributed by atoms with E-state index >= 15 is 0 Å². The number of benzene rings is 1. The summed E-state index contributed by atoms with van der Waals surface area (Å²) < 4.78 is 1.66. The van der Waals surface area contributed by atoms with Crippen LogP contribution in [0.3, 0.4) is 0 Å². The molecule has 0 bridgehead atoms. The summed E-state index contributed by atoms with van der Waals surface area (Å²) in [5.41, 5.74) is 10.9. The van der Waals surface area contributed by atoms with E-state index in [0.29, 0.717) is 17.0 Å². The second-order valence-corrected chi connectivity index (χ2v) is 6.37. The molecule has 2 aromatic rings. The molecule has 1 aromatic carbocycles. The number of nitrogen functional groups attached to an aromatic ring is 1. The van der Waals surface area contributed by atoms with Gasteiger partial charge >= 0.3 is 0 Å². The summed E-state index contributed by atoms with van der Waals surface area (Å²) in [5.74, 6) is 1.03. The maximum Gasteiger partial charge on any atom is 0.220 e. The van der Waals surface area contributed by atoms with Gasteiger partial charge in [-0.3, -0.25) is 5.43 Å². The second kappa shape index (κ2) is 9.27. The van der Waals surface area contributed by atoms with Gasteiger partial charge in [-0.1, -0.05) is 63.4 Å². The van der Waals surface area contributed by atoms with E-state index in [1.165, 1.54) is 19.3 Å². The van der Waals surface area contributed by atoms with Crippen LogP contribution in [0.25, 0.3) is 11.3 Å². The predicted octanol–water partition coefficient (Wildman–Crippen LogP) is 3.77. The molecule has 6 heteroatoms. The smallest absolute Gasteiger partial charge is 0.220 e. The van der Waals surface area contributed by atoms with Gasteiger partial charge in [0, 0.05) is 12.1 Å². The molecule has 0 unspecified atom stereocenters. The van der Waals surface area contributed by atoms with Crippen LogP contribution < -0.4 is 16.5 Å². The van der Waals surface area contributed by atoms with Crippen molar-refractivity contribution in [1.29, 1.82) is 0 Å². The molecule has 1 heterocycles. The molecule has 0 saturated carbocycles. The number of imidazole rings is 1. The molecule has 24 heavy (non-hydrogen) atoms. The number of hydrogen-bond donors (Lipinski definition) is 3. The molecule has 0 spiro atoms. The number of aromatic nitrogens is 2. The van der Waals surface area contributed by atoms with Crippen molar-refractivity contribution in [3.05, 3.63) is 36.5 Å². The number of nitrogens with one attached hydrogen (secondary N) is 2. The summed E-state index contributed by atoms with van der Waals surface area (Å²) >= 11 is 5.37. The van der Waals surface area contributed by atoms with Crippen molar-refractivity contribution < 1.29 is 0 Å². The molecule has 0 radical (unpaired) electrons. The Hall–Kier alpha value is -2.08. The fraction of sp³-hybridized carbons (Fsp3) is 0.444. The van der Waals surface area contributed by atoms with Gasteiger partial charge in [0.05, 0.1) is 11.9 Å². The SMILES string of the molecule is CCCC[C@@H](CC)CNC(=S)Nn1cc(-c2ccccc2)nc1N. The van der Waals surface area contributed by atoms with Crippen LogP contribution in [-0.4, -0.2) is 21.3 Å². The van der Waals surface area contributed by atoms with Gasteiger partial charge < -0.3 is 11.1 Å². The highest BCUT2D eigenvalue weighted by atomic mass is 32.1. The highest BCUT2D eigenvalue weighted by molar-refractivity contribution is 7.80. The van der Waals surface area contributed by atoms with Gasteiger partial charge in [0.25, 0.3) is 0 Å². The summed E-state index contributed by atoms with van der Waals surface area (Å²) in [4.78, 5) is 4.38. The Bertz CT molecular complexity index is 638. The lowest BCUT2D eigenvalue weighted by Crippen LogP contribution is -2.37. The molecular formula is C18H27N5S. The van der Waals surface area contributed by atoms with Gasteiger partial charge in [-0.25, -0.2) is 9.66 Å². The minimum Gasteiger partial charge on any atom is -0.368 e. The van der Waals surface area contributed by atoms with Crippen molar-refractivity contribution in [1.82, 2.24) is 15.0 Å². The Morgan fingerprint density at radius 1 is 1.29 bits per heavy atom. The third-order valence-electron chi connectivity index (χ3n) is 4.12. The Kier molecular flexibility index (Phi) is 7.06. The summed E-state index contributed by atoms with van der Waals surface area (Å²) in [7, 11) is 0. The second-order valence-electron chi connectivity index (χ2n) is 5.96. The average Bonchev–Trinajstić information content (AvgIpc) is 2.96. The lowest BCUT2D eigenvalue weighted by molar-refractivity contribution is 0.446. The Morgan fingerprint density at radius 3 is 2.71 bits per heavy atom. The fourth-order valence-electron chi connectivity index (χ4n) is 2.56. The monoisotopic (exact) mass is 345 g/mol. The Balaban J connectivity index is 1.91. The lowest BCUT2D eigenvalue weighted by Gasteiger charge is -2.17. The zero-order chi connectivity index (χ0) is 17.4. The van der Waals surface area contributed by atoms with E-state index in [9.17, 15) is 0 Å². The van der Waals surface area contributed by atoms with Gasteiger partial charge in [0.2, 0.25) is 5.95 Å². The van der Waals surface area contributed by atoms with Crippen LogP contribution in [-0.2, 0) is 0 Å². The number of rotatable bonds is 8. The molecule has 0 aliphatic heterocycles. The normalized spacial score (nSPS) is 11.9. The molecule has 130 valence electrons. The molecule has 0 amide bonds. The number of unbranched alkanes of at least 4 members (excludes halogenated alkanes) is 1. The number of thiocarbonyl (C=S) groups is 1. The molecule has 5 nitrogen and oxygen atoms in total. The zero-order valence-electron chi connectivity index (χ0n) is 14.5. The number of nitrogens with two attached hydrogens (primary N) is 1. The van der Waals surface area contributed by atoms with Crippen LogP contribution in [0.1, 0.15) is 39.5 Å². The van der Waals surface area contributed by atoms with Gasteiger partial charge in [-0.2, -0.15) is 0 Å². The van der Waals surface area contributed by atoms with Gasteiger partial charge in [-0.05, 0) is 24.6 Å². The molecular weight excluding hydrogens is 318 g/mol. The van der Waals surface area contributed by atoms with Crippen LogP contribution in [0.4, 0.5) is 5.95 Å². The first-order valence-electron chi connectivity index (χ1n) is 8.59. The average molecular weight is 346 g/mol. The predicted molar refractivity (Wildman–Crippen MR) is 105 cm³/mol. The van der Waals surface area contributed by atoms with Gasteiger partial charge in [0.15, 0.2) is 5.11 Å². The molecule has 4 N–H and O–H groups in total. The topological polar surface area (TPSA) is 67.9 Å². The van der Waals surface area contributed by atoms with Crippen molar-refractivity contribution in [2.24, 2.45) is 5.92 Å². The van der Waals surface area contributed by atoms with Crippen molar-refractivity contribution in [2.75, 3.05) is 17.7 Å². The lowest BCUT2D eigenvalue weighted by atomic mass is 9.99. The number of anilines is 1. The van der Waals surface area contributed by atoms with Crippen LogP contribution >= 0.6 is 12.2 Å². The van der Waals surface area contributed by atoms with Gasteiger partial charge in [-0.15, -0.1) is 0 Å². The van der Waals surface area contributed by atoms with Crippen molar-refractivity contribution >= 4 is 23.3 Å².